The minimum absolute atomic E-state index is 0.107. The molecule has 0 aromatic heterocycles. The Labute approximate surface area is 112 Å². The number of benzene rings is 1. The summed E-state index contributed by atoms with van der Waals surface area (Å²) in [6.07, 6.45) is 0. The molecule has 0 saturated carbocycles. The van der Waals surface area contributed by atoms with Gasteiger partial charge in [-0.1, -0.05) is 12.1 Å². The molecule has 0 spiro atoms. The molecule has 0 aliphatic carbocycles. The van der Waals surface area contributed by atoms with Crippen LogP contribution in [0.2, 0.25) is 0 Å². The number of alkyl halides is 4. The van der Waals surface area contributed by atoms with E-state index in [2.05, 4.69) is 4.72 Å². The molecule has 0 aliphatic rings. The summed E-state index contributed by atoms with van der Waals surface area (Å²) in [5.41, 5.74) is -4.58. The molecule has 0 fully saturated rings. The van der Waals surface area contributed by atoms with E-state index < -0.39 is 15.5 Å². The SMILES string of the molecule is O=S(=O)(CCCl)Nc1ccccc1SC(F)(F)F. The lowest BCUT2D eigenvalue weighted by molar-refractivity contribution is -0.0327. The van der Waals surface area contributed by atoms with Gasteiger partial charge < -0.3 is 0 Å². The molecular formula is C9H9ClF3NO2S2. The van der Waals surface area contributed by atoms with Crippen LogP contribution >= 0.6 is 23.4 Å². The van der Waals surface area contributed by atoms with Crippen molar-refractivity contribution in [1.29, 1.82) is 0 Å². The maximum Gasteiger partial charge on any atom is 0.446 e. The van der Waals surface area contributed by atoms with Gasteiger partial charge in [0, 0.05) is 10.8 Å². The Balaban J connectivity index is 2.96. The summed E-state index contributed by atoms with van der Waals surface area (Å²) in [5, 5.41) is 0. The number of halogens is 4. The summed E-state index contributed by atoms with van der Waals surface area (Å²) in [5.74, 6) is -0.497. The predicted octanol–water partition coefficient (Wildman–Crippen LogP) is 3.28. The predicted molar refractivity (Wildman–Crippen MR) is 66.5 cm³/mol. The van der Waals surface area contributed by atoms with Crippen molar-refractivity contribution in [1.82, 2.24) is 0 Å². The Hall–Kier alpha value is -0.600. The zero-order chi connectivity index (χ0) is 13.8. The molecule has 0 amide bonds. The van der Waals surface area contributed by atoms with Crippen molar-refractivity contribution in [2.75, 3.05) is 16.4 Å². The number of thioether (sulfide) groups is 1. The molecule has 102 valence electrons. The van der Waals surface area contributed by atoms with E-state index in [1.165, 1.54) is 24.3 Å². The molecule has 0 radical (unpaired) electrons. The van der Waals surface area contributed by atoms with Crippen LogP contribution < -0.4 is 4.72 Å². The number of para-hydroxylation sites is 1. The molecule has 0 unspecified atom stereocenters. The van der Waals surface area contributed by atoms with Crippen LogP contribution in [0.15, 0.2) is 29.2 Å². The summed E-state index contributed by atoms with van der Waals surface area (Å²) >= 11 is 4.92. The van der Waals surface area contributed by atoms with Crippen LogP contribution in [0.3, 0.4) is 0 Å². The third-order valence-electron chi connectivity index (χ3n) is 1.72. The normalized spacial score (nSPS) is 12.4. The zero-order valence-corrected chi connectivity index (χ0v) is 11.3. The molecule has 1 rings (SSSR count). The van der Waals surface area contributed by atoms with Gasteiger partial charge in [-0.2, -0.15) is 13.2 Å². The van der Waals surface area contributed by atoms with E-state index in [0.717, 1.165) is 0 Å². The molecule has 18 heavy (non-hydrogen) atoms. The van der Waals surface area contributed by atoms with Crippen molar-refractivity contribution in [3.63, 3.8) is 0 Å². The van der Waals surface area contributed by atoms with Crippen LogP contribution in [0.5, 0.6) is 0 Å². The average molecular weight is 320 g/mol. The lowest BCUT2D eigenvalue weighted by Crippen LogP contribution is -2.18. The van der Waals surface area contributed by atoms with Gasteiger partial charge in [0.25, 0.3) is 0 Å². The summed E-state index contributed by atoms with van der Waals surface area (Å²) in [6.45, 7) is 0. The second kappa shape index (κ2) is 6.03. The molecule has 9 heteroatoms. The molecule has 1 aromatic carbocycles. The second-order valence-electron chi connectivity index (χ2n) is 3.15. The number of anilines is 1. The number of sulfonamides is 1. The first-order valence-electron chi connectivity index (χ1n) is 4.65. The summed E-state index contributed by atoms with van der Waals surface area (Å²) in [4.78, 5) is -0.205. The molecule has 0 saturated heterocycles. The van der Waals surface area contributed by atoms with Crippen LogP contribution in [-0.4, -0.2) is 25.6 Å². The summed E-state index contributed by atoms with van der Waals surface area (Å²) < 4.78 is 61.7. The fraction of sp³-hybridized carbons (Fsp3) is 0.333. The summed E-state index contributed by atoms with van der Waals surface area (Å²) in [6, 6.07) is 5.29. The van der Waals surface area contributed by atoms with Crippen LogP contribution in [0.1, 0.15) is 0 Å². The van der Waals surface area contributed by atoms with Gasteiger partial charge in [0.15, 0.2) is 0 Å². The molecule has 1 aromatic rings. The monoisotopic (exact) mass is 319 g/mol. The highest BCUT2D eigenvalue weighted by Gasteiger charge is 2.30. The number of nitrogens with one attached hydrogen (secondary N) is 1. The van der Waals surface area contributed by atoms with Gasteiger partial charge >= 0.3 is 5.51 Å². The van der Waals surface area contributed by atoms with Crippen LogP contribution in [0.25, 0.3) is 0 Å². The first-order valence-corrected chi connectivity index (χ1v) is 7.65. The lowest BCUT2D eigenvalue weighted by atomic mass is 10.3. The molecule has 0 atom stereocenters. The maximum absolute atomic E-state index is 12.3. The van der Waals surface area contributed by atoms with Gasteiger partial charge in [-0.05, 0) is 23.9 Å². The van der Waals surface area contributed by atoms with Crippen molar-refractivity contribution >= 4 is 39.1 Å². The summed E-state index contributed by atoms with van der Waals surface area (Å²) in [7, 11) is -3.73. The minimum atomic E-state index is -4.48. The molecule has 3 nitrogen and oxygen atoms in total. The number of rotatable bonds is 5. The Morgan fingerprint density at radius 3 is 2.44 bits per heavy atom. The Kier molecular flexibility index (Phi) is 5.18. The minimum Gasteiger partial charge on any atom is -0.282 e. The fourth-order valence-corrected chi connectivity index (χ4v) is 3.20. The van der Waals surface area contributed by atoms with E-state index in [4.69, 9.17) is 11.6 Å². The van der Waals surface area contributed by atoms with E-state index in [0.29, 0.717) is 0 Å². The Morgan fingerprint density at radius 2 is 1.89 bits per heavy atom. The molecule has 0 heterocycles. The van der Waals surface area contributed by atoms with Crippen molar-refractivity contribution in [2.24, 2.45) is 0 Å². The third kappa shape index (κ3) is 5.36. The van der Waals surface area contributed by atoms with E-state index in [-0.39, 0.29) is 34.0 Å². The van der Waals surface area contributed by atoms with Crippen molar-refractivity contribution < 1.29 is 21.6 Å². The maximum atomic E-state index is 12.3. The first kappa shape index (κ1) is 15.5. The molecule has 0 aliphatic heterocycles. The highest BCUT2D eigenvalue weighted by Crippen LogP contribution is 2.40. The topological polar surface area (TPSA) is 46.2 Å². The van der Waals surface area contributed by atoms with Crippen LogP contribution in [-0.2, 0) is 10.0 Å². The first-order chi connectivity index (χ1) is 8.23. The van der Waals surface area contributed by atoms with Gasteiger partial charge in [-0.3, -0.25) is 4.72 Å². The Morgan fingerprint density at radius 1 is 1.28 bits per heavy atom. The van der Waals surface area contributed by atoms with Gasteiger partial charge in [-0.15, -0.1) is 11.6 Å². The van der Waals surface area contributed by atoms with E-state index >= 15 is 0 Å². The molecular weight excluding hydrogens is 311 g/mol. The van der Waals surface area contributed by atoms with E-state index in [1.807, 2.05) is 0 Å². The molecule has 1 N–H and O–H groups in total. The fourth-order valence-electron chi connectivity index (χ4n) is 1.08. The number of hydrogen-bond donors (Lipinski definition) is 1. The van der Waals surface area contributed by atoms with Crippen LogP contribution in [0.4, 0.5) is 18.9 Å². The number of hydrogen-bond acceptors (Lipinski definition) is 3. The van der Waals surface area contributed by atoms with Gasteiger partial charge in [0.1, 0.15) is 0 Å². The quantitative estimate of drug-likeness (QED) is 0.669. The van der Waals surface area contributed by atoms with Gasteiger partial charge in [-0.25, -0.2) is 8.42 Å². The van der Waals surface area contributed by atoms with Crippen molar-refractivity contribution in [2.45, 2.75) is 10.4 Å². The average Bonchev–Trinajstić information content (AvgIpc) is 2.18. The van der Waals surface area contributed by atoms with Crippen molar-refractivity contribution in [3.8, 4) is 0 Å². The van der Waals surface area contributed by atoms with Gasteiger partial charge in [0.2, 0.25) is 10.0 Å². The third-order valence-corrected chi connectivity index (χ3v) is 4.22. The van der Waals surface area contributed by atoms with E-state index in [1.54, 1.807) is 0 Å². The van der Waals surface area contributed by atoms with E-state index in [9.17, 15) is 21.6 Å². The largest absolute Gasteiger partial charge is 0.446 e. The molecule has 0 bridgehead atoms. The highest BCUT2D eigenvalue weighted by molar-refractivity contribution is 8.00. The smallest absolute Gasteiger partial charge is 0.282 e. The standard InChI is InChI=1S/C9H9ClF3NO2S2/c10-5-6-18(15,16)14-7-3-1-2-4-8(7)17-9(11,12)13/h1-4,14H,5-6H2. The van der Waals surface area contributed by atoms with Gasteiger partial charge in [0.05, 0.1) is 11.4 Å². The lowest BCUT2D eigenvalue weighted by Gasteiger charge is -2.12. The highest BCUT2D eigenvalue weighted by atomic mass is 35.5. The van der Waals surface area contributed by atoms with Crippen LogP contribution in [0, 0.1) is 0 Å². The zero-order valence-electron chi connectivity index (χ0n) is 8.87. The Bertz CT molecular complexity index is 505. The van der Waals surface area contributed by atoms with Crippen molar-refractivity contribution in [3.05, 3.63) is 24.3 Å². The second-order valence-corrected chi connectivity index (χ2v) is 6.48.